The highest BCUT2D eigenvalue weighted by atomic mass is 35.5. The lowest BCUT2D eigenvalue weighted by atomic mass is 10.0. The van der Waals surface area contributed by atoms with Gasteiger partial charge < -0.3 is 16.0 Å². The number of amides is 1. The number of benzene rings is 2. The third-order valence-electron chi connectivity index (χ3n) is 5.20. The van der Waals surface area contributed by atoms with E-state index >= 15 is 0 Å². The monoisotopic (exact) mass is 461 g/mol. The van der Waals surface area contributed by atoms with E-state index in [9.17, 15) is 4.79 Å². The first kappa shape index (κ1) is 20.5. The van der Waals surface area contributed by atoms with E-state index in [1.165, 1.54) is 5.56 Å². The SMILES string of the molecule is O=C(Cc1ccsc1)Nc1ccc2cc1CCc1cccc(c1)Nc1ncc(Cl)c(n1)N2. The molecule has 0 saturated heterocycles. The highest BCUT2D eigenvalue weighted by Gasteiger charge is 2.13. The first-order chi connectivity index (χ1) is 15.6. The Labute approximate surface area is 194 Å². The average Bonchev–Trinajstić information content (AvgIpc) is 3.29. The minimum Gasteiger partial charge on any atom is -0.339 e. The number of aromatic nitrogens is 2. The van der Waals surface area contributed by atoms with Crippen LogP contribution >= 0.6 is 22.9 Å². The molecule has 160 valence electrons. The van der Waals surface area contributed by atoms with Crippen molar-refractivity contribution in [1.29, 1.82) is 0 Å². The van der Waals surface area contributed by atoms with Crippen molar-refractivity contribution in [3.8, 4) is 0 Å². The molecule has 5 rings (SSSR count). The molecule has 3 N–H and O–H groups in total. The van der Waals surface area contributed by atoms with Gasteiger partial charge in [0, 0.05) is 17.1 Å². The van der Waals surface area contributed by atoms with Crippen LogP contribution in [0.4, 0.5) is 28.8 Å². The Balaban J connectivity index is 1.49. The minimum atomic E-state index is -0.0297. The zero-order chi connectivity index (χ0) is 21.9. The zero-order valence-corrected chi connectivity index (χ0v) is 18.6. The van der Waals surface area contributed by atoms with Crippen LogP contribution in [0.5, 0.6) is 0 Å². The summed E-state index contributed by atoms with van der Waals surface area (Å²) >= 11 is 7.92. The minimum absolute atomic E-state index is 0.0297. The maximum absolute atomic E-state index is 12.6. The lowest BCUT2D eigenvalue weighted by molar-refractivity contribution is -0.115. The van der Waals surface area contributed by atoms with Crippen LogP contribution in [-0.2, 0) is 24.1 Å². The number of anilines is 5. The van der Waals surface area contributed by atoms with Gasteiger partial charge in [-0.1, -0.05) is 23.7 Å². The Kier molecular flexibility index (Phi) is 5.75. The van der Waals surface area contributed by atoms with Crippen molar-refractivity contribution in [2.75, 3.05) is 16.0 Å². The van der Waals surface area contributed by atoms with Gasteiger partial charge in [-0.3, -0.25) is 4.79 Å². The molecule has 4 aromatic rings. The molecule has 1 amide bonds. The number of nitrogens with zero attached hydrogens (tertiary/aromatic N) is 2. The van der Waals surface area contributed by atoms with Crippen molar-refractivity contribution < 1.29 is 4.79 Å². The van der Waals surface area contributed by atoms with E-state index in [0.29, 0.717) is 23.2 Å². The summed E-state index contributed by atoms with van der Waals surface area (Å²) in [7, 11) is 0. The second-order valence-corrected chi connectivity index (χ2v) is 8.76. The molecular formula is C24H20ClN5OS. The predicted molar refractivity (Wildman–Crippen MR) is 131 cm³/mol. The standard InChI is InChI=1S/C24H20ClN5OS/c25-20-13-26-24-28-18-3-1-2-15(10-18)4-5-17-12-19(27-23(20)30-24)6-7-21(17)29-22(31)11-16-8-9-32-14-16/h1-3,6-10,12-14H,4-5,11H2,(H,29,31)(H2,26,27,28,30). The summed E-state index contributed by atoms with van der Waals surface area (Å²) in [5, 5.41) is 14.0. The summed E-state index contributed by atoms with van der Waals surface area (Å²) < 4.78 is 0. The first-order valence-corrected chi connectivity index (χ1v) is 11.5. The molecule has 0 radical (unpaired) electrons. The number of rotatable bonds is 3. The van der Waals surface area contributed by atoms with Crippen LogP contribution in [0, 0.1) is 0 Å². The zero-order valence-electron chi connectivity index (χ0n) is 17.1. The van der Waals surface area contributed by atoms with Crippen LogP contribution in [0.1, 0.15) is 16.7 Å². The van der Waals surface area contributed by atoms with Gasteiger partial charge in [0.15, 0.2) is 5.82 Å². The van der Waals surface area contributed by atoms with Gasteiger partial charge in [-0.25, -0.2) is 4.98 Å². The lowest BCUT2D eigenvalue weighted by Crippen LogP contribution is -2.15. The smallest absolute Gasteiger partial charge is 0.229 e. The van der Waals surface area contributed by atoms with Gasteiger partial charge in [0.05, 0.1) is 12.6 Å². The predicted octanol–water partition coefficient (Wildman–Crippen LogP) is 5.96. The normalized spacial score (nSPS) is 12.4. The second-order valence-electron chi connectivity index (χ2n) is 7.57. The van der Waals surface area contributed by atoms with Crippen LogP contribution in [0.25, 0.3) is 0 Å². The summed E-state index contributed by atoms with van der Waals surface area (Å²) in [6.07, 6.45) is 3.52. The van der Waals surface area contributed by atoms with Gasteiger partial charge in [0.1, 0.15) is 5.02 Å². The van der Waals surface area contributed by atoms with Gasteiger partial charge in [0.25, 0.3) is 0 Å². The van der Waals surface area contributed by atoms with E-state index in [-0.39, 0.29) is 5.91 Å². The Hall–Kier alpha value is -3.42. The largest absolute Gasteiger partial charge is 0.339 e. The van der Waals surface area contributed by atoms with Gasteiger partial charge in [-0.15, -0.1) is 0 Å². The van der Waals surface area contributed by atoms with Crippen LogP contribution in [0.2, 0.25) is 5.02 Å². The fraction of sp³-hybridized carbons (Fsp3) is 0.125. The molecule has 2 aromatic carbocycles. The molecule has 0 unspecified atom stereocenters. The molecule has 32 heavy (non-hydrogen) atoms. The molecule has 0 spiro atoms. The highest BCUT2D eigenvalue weighted by molar-refractivity contribution is 7.08. The van der Waals surface area contributed by atoms with Crippen molar-refractivity contribution in [2.45, 2.75) is 19.3 Å². The van der Waals surface area contributed by atoms with E-state index in [1.807, 2.05) is 47.2 Å². The van der Waals surface area contributed by atoms with E-state index in [0.717, 1.165) is 41.0 Å². The number of hydrogen-bond acceptors (Lipinski definition) is 6. The number of nitrogens with one attached hydrogen (secondary N) is 3. The number of carbonyl (C=O) groups is 1. The summed E-state index contributed by atoms with van der Waals surface area (Å²) in [5.74, 6) is 0.948. The fourth-order valence-corrected chi connectivity index (χ4v) is 4.44. The summed E-state index contributed by atoms with van der Waals surface area (Å²) in [6.45, 7) is 0. The molecule has 8 heteroatoms. The number of carbonyl (C=O) groups excluding carboxylic acids is 1. The molecule has 6 bridgehead atoms. The summed E-state index contributed by atoms with van der Waals surface area (Å²) in [5.41, 5.74) is 5.80. The number of hydrogen-bond donors (Lipinski definition) is 3. The van der Waals surface area contributed by atoms with Crippen molar-refractivity contribution in [3.05, 3.63) is 87.2 Å². The molecular weight excluding hydrogens is 442 g/mol. The third-order valence-corrected chi connectivity index (χ3v) is 6.21. The van der Waals surface area contributed by atoms with Gasteiger partial charge in [0.2, 0.25) is 11.9 Å². The Morgan fingerprint density at radius 3 is 2.88 bits per heavy atom. The fourth-order valence-electron chi connectivity index (χ4n) is 3.64. The summed E-state index contributed by atoms with van der Waals surface area (Å²) in [4.78, 5) is 21.4. The van der Waals surface area contributed by atoms with E-state index in [4.69, 9.17) is 11.6 Å². The number of fused-ring (bicyclic) bond motifs is 6. The van der Waals surface area contributed by atoms with Crippen LogP contribution in [0.3, 0.4) is 0 Å². The maximum Gasteiger partial charge on any atom is 0.229 e. The number of halogens is 1. The van der Waals surface area contributed by atoms with Crippen LogP contribution in [0.15, 0.2) is 65.5 Å². The third kappa shape index (κ3) is 4.74. The molecule has 2 aromatic heterocycles. The van der Waals surface area contributed by atoms with E-state index < -0.39 is 0 Å². The molecule has 0 aliphatic carbocycles. The van der Waals surface area contributed by atoms with Crippen molar-refractivity contribution in [3.63, 3.8) is 0 Å². The Morgan fingerprint density at radius 1 is 1.09 bits per heavy atom. The Morgan fingerprint density at radius 2 is 2.00 bits per heavy atom. The van der Waals surface area contributed by atoms with Crippen LogP contribution < -0.4 is 16.0 Å². The van der Waals surface area contributed by atoms with Crippen LogP contribution in [-0.4, -0.2) is 15.9 Å². The van der Waals surface area contributed by atoms with Crippen molar-refractivity contribution >= 4 is 57.7 Å². The van der Waals surface area contributed by atoms with Gasteiger partial charge in [-0.2, -0.15) is 16.3 Å². The quantitative estimate of drug-likeness (QED) is 0.351. The van der Waals surface area contributed by atoms with Gasteiger partial charge >= 0.3 is 0 Å². The van der Waals surface area contributed by atoms with Crippen molar-refractivity contribution in [1.82, 2.24) is 9.97 Å². The molecule has 0 atom stereocenters. The van der Waals surface area contributed by atoms with E-state index in [1.54, 1.807) is 17.5 Å². The maximum atomic E-state index is 12.6. The molecule has 1 aliphatic heterocycles. The molecule has 6 nitrogen and oxygen atoms in total. The molecule has 1 aliphatic rings. The number of thiophene rings is 1. The summed E-state index contributed by atoms with van der Waals surface area (Å²) in [6, 6.07) is 16.0. The molecule has 0 fully saturated rings. The van der Waals surface area contributed by atoms with Gasteiger partial charge in [-0.05, 0) is 76.7 Å². The first-order valence-electron chi connectivity index (χ1n) is 10.2. The second kappa shape index (κ2) is 8.98. The highest BCUT2D eigenvalue weighted by Crippen LogP contribution is 2.29. The van der Waals surface area contributed by atoms with E-state index in [2.05, 4.69) is 38.1 Å². The molecule has 0 saturated carbocycles. The Bertz CT molecular complexity index is 1280. The number of aryl methyl sites for hydroxylation is 2. The topological polar surface area (TPSA) is 78.9 Å². The van der Waals surface area contributed by atoms with Crippen molar-refractivity contribution in [2.24, 2.45) is 0 Å². The molecule has 3 heterocycles. The lowest BCUT2D eigenvalue weighted by Gasteiger charge is -2.14. The average molecular weight is 462 g/mol.